The molecule has 0 aliphatic rings. The number of fused-ring (bicyclic) bond motifs is 1. The Kier molecular flexibility index (Phi) is 4.21. The Morgan fingerprint density at radius 3 is 2.85 bits per heavy atom. The van der Waals surface area contributed by atoms with Gasteiger partial charge in [0, 0.05) is 17.3 Å². The molecule has 0 saturated carbocycles. The molecule has 0 fully saturated rings. The van der Waals surface area contributed by atoms with Crippen LogP contribution in [0.25, 0.3) is 16.6 Å². The van der Waals surface area contributed by atoms with Crippen LogP contribution in [0.3, 0.4) is 0 Å². The van der Waals surface area contributed by atoms with Crippen molar-refractivity contribution in [3.05, 3.63) is 53.9 Å². The number of aryl methyl sites for hydroxylation is 2. The van der Waals surface area contributed by atoms with Gasteiger partial charge in [0.25, 0.3) is 0 Å². The zero-order chi connectivity index (χ0) is 18.8. The number of hydrogen-bond acceptors (Lipinski definition) is 7. The molecule has 0 bridgehead atoms. The standard InChI is InChI=1S/C17H16N8O2/c1-10-5-13(3-4-18-10)25-15-9-19-16(6-12(15)7-21-25)22-17(26)20-8-14-11(2)23-27-24-14/h3-7,9H,8H2,1-2H3,(H2,19,20,22,26). The topological polar surface area (TPSA) is 124 Å². The van der Waals surface area contributed by atoms with Crippen molar-refractivity contribution >= 4 is 22.8 Å². The van der Waals surface area contributed by atoms with Gasteiger partial charge in [0.05, 0.1) is 30.1 Å². The van der Waals surface area contributed by atoms with E-state index in [-0.39, 0.29) is 6.54 Å². The van der Waals surface area contributed by atoms with Crippen LogP contribution in [0.1, 0.15) is 17.1 Å². The maximum atomic E-state index is 12.1. The summed E-state index contributed by atoms with van der Waals surface area (Å²) in [6.07, 6.45) is 5.12. The van der Waals surface area contributed by atoms with Gasteiger partial charge in [-0.3, -0.25) is 10.3 Å². The fraction of sp³-hybridized carbons (Fsp3) is 0.176. The first kappa shape index (κ1) is 16.6. The van der Waals surface area contributed by atoms with E-state index in [1.54, 1.807) is 36.3 Å². The third-order valence-electron chi connectivity index (χ3n) is 3.98. The summed E-state index contributed by atoms with van der Waals surface area (Å²) in [5.74, 6) is 0.417. The molecule has 0 radical (unpaired) electrons. The number of aromatic nitrogens is 6. The van der Waals surface area contributed by atoms with Crippen LogP contribution < -0.4 is 10.6 Å². The van der Waals surface area contributed by atoms with Gasteiger partial charge in [0.1, 0.15) is 17.2 Å². The molecular formula is C17H16N8O2. The largest absolute Gasteiger partial charge is 0.332 e. The lowest BCUT2D eigenvalue weighted by Gasteiger charge is -2.07. The Hall–Kier alpha value is -3.82. The molecule has 0 aliphatic heterocycles. The number of urea groups is 1. The highest BCUT2D eigenvalue weighted by Crippen LogP contribution is 2.20. The van der Waals surface area contributed by atoms with Gasteiger partial charge in [0.15, 0.2) is 0 Å². The Morgan fingerprint density at radius 1 is 1.19 bits per heavy atom. The predicted molar refractivity (Wildman–Crippen MR) is 96.3 cm³/mol. The van der Waals surface area contributed by atoms with Gasteiger partial charge in [-0.15, -0.1) is 0 Å². The third kappa shape index (κ3) is 3.45. The summed E-state index contributed by atoms with van der Waals surface area (Å²) in [6, 6.07) is 5.17. The first-order valence-corrected chi connectivity index (χ1v) is 8.20. The SMILES string of the molecule is Cc1cc(-n2ncc3cc(NC(=O)NCc4nonc4C)ncc32)ccn1. The number of carbonyl (C=O) groups is 1. The molecule has 0 unspecified atom stereocenters. The van der Waals surface area contributed by atoms with Crippen molar-refractivity contribution in [2.45, 2.75) is 20.4 Å². The van der Waals surface area contributed by atoms with E-state index in [1.807, 2.05) is 19.1 Å². The van der Waals surface area contributed by atoms with Crippen LogP contribution in [0.15, 0.2) is 41.4 Å². The van der Waals surface area contributed by atoms with Crippen molar-refractivity contribution in [1.29, 1.82) is 0 Å². The fourth-order valence-corrected chi connectivity index (χ4v) is 2.60. The molecular weight excluding hydrogens is 348 g/mol. The molecule has 0 saturated heterocycles. The second kappa shape index (κ2) is 6.83. The monoisotopic (exact) mass is 364 g/mol. The van der Waals surface area contributed by atoms with Crippen molar-refractivity contribution < 1.29 is 9.42 Å². The summed E-state index contributed by atoms with van der Waals surface area (Å²) >= 11 is 0. The first-order valence-electron chi connectivity index (χ1n) is 8.20. The summed E-state index contributed by atoms with van der Waals surface area (Å²) in [5, 5.41) is 18.0. The highest BCUT2D eigenvalue weighted by Gasteiger charge is 2.10. The molecule has 0 aromatic carbocycles. The summed E-state index contributed by atoms with van der Waals surface area (Å²) in [5.41, 5.74) is 3.83. The second-order valence-corrected chi connectivity index (χ2v) is 5.94. The summed E-state index contributed by atoms with van der Waals surface area (Å²) in [6.45, 7) is 3.89. The number of rotatable bonds is 4. The average Bonchev–Trinajstić information content (AvgIpc) is 3.25. The van der Waals surface area contributed by atoms with E-state index < -0.39 is 6.03 Å². The van der Waals surface area contributed by atoms with E-state index in [9.17, 15) is 4.79 Å². The second-order valence-electron chi connectivity index (χ2n) is 5.94. The smallest absolute Gasteiger partial charge is 0.320 e. The van der Waals surface area contributed by atoms with Crippen molar-refractivity contribution in [3.8, 4) is 5.69 Å². The van der Waals surface area contributed by atoms with Crippen LogP contribution in [0.5, 0.6) is 0 Å². The van der Waals surface area contributed by atoms with Crippen LogP contribution in [0, 0.1) is 13.8 Å². The van der Waals surface area contributed by atoms with E-state index in [1.165, 1.54) is 0 Å². The number of anilines is 1. The minimum absolute atomic E-state index is 0.211. The van der Waals surface area contributed by atoms with E-state index in [4.69, 9.17) is 0 Å². The molecule has 2 N–H and O–H groups in total. The minimum Gasteiger partial charge on any atom is -0.332 e. The lowest BCUT2D eigenvalue weighted by molar-refractivity contribution is 0.251. The third-order valence-corrected chi connectivity index (χ3v) is 3.98. The number of pyridine rings is 2. The number of amides is 2. The summed E-state index contributed by atoms with van der Waals surface area (Å²) < 4.78 is 6.37. The molecule has 4 aromatic rings. The van der Waals surface area contributed by atoms with Crippen LogP contribution in [0.2, 0.25) is 0 Å². The predicted octanol–water partition coefficient (Wildman–Crippen LogP) is 2.14. The van der Waals surface area contributed by atoms with Crippen LogP contribution in [0.4, 0.5) is 10.6 Å². The fourth-order valence-electron chi connectivity index (χ4n) is 2.60. The lowest BCUT2D eigenvalue weighted by atomic mass is 10.3. The van der Waals surface area contributed by atoms with Crippen LogP contribution in [-0.2, 0) is 6.54 Å². The van der Waals surface area contributed by atoms with E-state index in [2.05, 4.69) is 40.6 Å². The molecule has 0 atom stereocenters. The van der Waals surface area contributed by atoms with E-state index >= 15 is 0 Å². The Morgan fingerprint density at radius 2 is 2.07 bits per heavy atom. The van der Waals surface area contributed by atoms with Crippen LogP contribution >= 0.6 is 0 Å². The molecule has 2 amide bonds. The number of hydrogen-bond donors (Lipinski definition) is 2. The Balaban J connectivity index is 1.49. The van der Waals surface area contributed by atoms with Crippen molar-refractivity contribution in [2.75, 3.05) is 5.32 Å². The normalized spacial score (nSPS) is 10.9. The summed E-state index contributed by atoms with van der Waals surface area (Å²) in [7, 11) is 0. The zero-order valence-corrected chi connectivity index (χ0v) is 14.7. The maximum Gasteiger partial charge on any atom is 0.320 e. The molecule has 4 rings (SSSR count). The lowest BCUT2D eigenvalue weighted by Crippen LogP contribution is -2.28. The molecule has 0 spiro atoms. The van der Waals surface area contributed by atoms with Crippen LogP contribution in [-0.4, -0.2) is 36.1 Å². The number of nitrogens with zero attached hydrogens (tertiary/aromatic N) is 6. The van der Waals surface area contributed by atoms with Gasteiger partial charge in [-0.2, -0.15) is 5.10 Å². The van der Waals surface area contributed by atoms with E-state index in [0.717, 1.165) is 22.3 Å². The van der Waals surface area contributed by atoms with Gasteiger partial charge >= 0.3 is 6.03 Å². The van der Waals surface area contributed by atoms with E-state index in [0.29, 0.717) is 17.2 Å². The van der Waals surface area contributed by atoms with Crippen molar-refractivity contribution in [3.63, 3.8) is 0 Å². The van der Waals surface area contributed by atoms with Gasteiger partial charge in [0.2, 0.25) is 0 Å². The Labute approximate surface area is 153 Å². The molecule has 4 aromatic heterocycles. The summed E-state index contributed by atoms with van der Waals surface area (Å²) in [4.78, 5) is 20.5. The highest BCUT2D eigenvalue weighted by molar-refractivity contribution is 5.91. The minimum atomic E-state index is -0.401. The zero-order valence-electron chi connectivity index (χ0n) is 14.7. The average molecular weight is 364 g/mol. The van der Waals surface area contributed by atoms with Gasteiger partial charge in [-0.1, -0.05) is 10.3 Å². The molecule has 136 valence electrons. The highest BCUT2D eigenvalue weighted by atomic mass is 16.6. The molecule has 4 heterocycles. The number of carbonyl (C=O) groups excluding carboxylic acids is 1. The number of nitrogens with one attached hydrogen (secondary N) is 2. The van der Waals surface area contributed by atoms with Gasteiger partial charge < -0.3 is 5.32 Å². The van der Waals surface area contributed by atoms with Crippen molar-refractivity contribution in [1.82, 2.24) is 35.4 Å². The van der Waals surface area contributed by atoms with Gasteiger partial charge in [-0.25, -0.2) is 19.1 Å². The Bertz CT molecular complexity index is 1120. The first-order chi connectivity index (χ1) is 13.1. The van der Waals surface area contributed by atoms with Crippen molar-refractivity contribution in [2.24, 2.45) is 0 Å². The molecule has 27 heavy (non-hydrogen) atoms. The molecule has 10 heteroatoms. The quantitative estimate of drug-likeness (QED) is 0.568. The van der Waals surface area contributed by atoms with Gasteiger partial charge in [-0.05, 0) is 32.0 Å². The maximum absolute atomic E-state index is 12.1. The molecule has 0 aliphatic carbocycles. The molecule has 10 nitrogen and oxygen atoms in total.